The minimum atomic E-state index is -0.280. The molecular weight excluding hydrogens is 252 g/mol. The molecule has 0 unspecified atom stereocenters. The van der Waals surface area contributed by atoms with Crippen molar-refractivity contribution in [2.75, 3.05) is 37.5 Å². The van der Waals surface area contributed by atoms with Gasteiger partial charge in [0.05, 0.1) is 24.0 Å². The highest BCUT2D eigenvalue weighted by molar-refractivity contribution is 5.92. The lowest BCUT2D eigenvalue weighted by molar-refractivity contribution is 0.0601. The molecule has 0 bridgehead atoms. The zero-order valence-electron chi connectivity index (χ0n) is 12.2. The zero-order valence-corrected chi connectivity index (χ0v) is 12.2. The van der Waals surface area contributed by atoms with Gasteiger partial charge in [-0.15, -0.1) is 0 Å². The number of carbonyl (C=O) groups is 1. The van der Waals surface area contributed by atoms with Gasteiger partial charge in [0, 0.05) is 25.6 Å². The number of benzene rings is 1. The average Bonchev–Trinajstić information content (AvgIpc) is 2.87. The Balaban J connectivity index is 1.91. The lowest BCUT2D eigenvalue weighted by Gasteiger charge is -2.31. The summed E-state index contributed by atoms with van der Waals surface area (Å²) in [6, 6.07) is 5.77. The fourth-order valence-electron chi connectivity index (χ4n) is 3.64. The number of rotatable bonds is 1. The van der Waals surface area contributed by atoms with E-state index in [1.807, 2.05) is 18.2 Å². The predicted octanol–water partition coefficient (Wildman–Crippen LogP) is 2.90. The molecule has 1 heterocycles. The van der Waals surface area contributed by atoms with E-state index in [1.165, 1.54) is 38.5 Å². The summed E-state index contributed by atoms with van der Waals surface area (Å²) < 4.78 is 4.80. The molecule has 1 aromatic rings. The number of hydrogen-bond acceptors (Lipinski definition) is 4. The van der Waals surface area contributed by atoms with Crippen molar-refractivity contribution in [1.29, 1.82) is 0 Å². The number of ether oxygens (including phenoxy) is 1. The van der Waals surface area contributed by atoms with Crippen LogP contribution in [0.4, 0.5) is 11.4 Å². The summed E-state index contributed by atoms with van der Waals surface area (Å²) in [6.45, 7) is 2.08. The van der Waals surface area contributed by atoms with Crippen LogP contribution in [0.15, 0.2) is 18.2 Å². The van der Waals surface area contributed by atoms with Gasteiger partial charge in [-0.1, -0.05) is 12.8 Å². The quantitative estimate of drug-likeness (QED) is 0.800. The third kappa shape index (κ3) is 2.23. The number of hydrogen-bond donors (Lipinski definition) is 1. The Morgan fingerprint density at radius 3 is 2.80 bits per heavy atom. The van der Waals surface area contributed by atoms with E-state index in [0.29, 0.717) is 11.0 Å². The van der Waals surface area contributed by atoms with Crippen LogP contribution in [0.2, 0.25) is 0 Å². The van der Waals surface area contributed by atoms with Crippen LogP contribution >= 0.6 is 0 Å². The Kier molecular flexibility index (Phi) is 3.32. The summed E-state index contributed by atoms with van der Waals surface area (Å²) in [7, 11) is 3.56. The lowest BCUT2D eigenvalue weighted by Crippen LogP contribution is -2.36. The van der Waals surface area contributed by atoms with Crippen molar-refractivity contribution in [3.8, 4) is 0 Å². The first-order chi connectivity index (χ1) is 9.63. The van der Waals surface area contributed by atoms with Crippen LogP contribution in [0.3, 0.4) is 0 Å². The van der Waals surface area contributed by atoms with Crippen LogP contribution in [-0.4, -0.2) is 33.2 Å². The molecule has 2 aliphatic rings. The van der Waals surface area contributed by atoms with Crippen LogP contribution in [0.5, 0.6) is 0 Å². The molecule has 0 saturated heterocycles. The second-order valence-electron chi connectivity index (χ2n) is 6.14. The van der Waals surface area contributed by atoms with E-state index in [0.717, 1.165) is 18.8 Å². The van der Waals surface area contributed by atoms with Gasteiger partial charge in [-0.05, 0) is 31.0 Å². The Morgan fingerprint density at radius 2 is 2.10 bits per heavy atom. The van der Waals surface area contributed by atoms with E-state index in [4.69, 9.17) is 4.74 Å². The van der Waals surface area contributed by atoms with Crippen molar-refractivity contribution in [2.24, 2.45) is 5.41 Å². The number of nitrogens with one attached hydrogen (secondary N) is 1. The Hall–Kier alpha value is -1.71. The highest BCUT2D eigenvalue weighted by Gasteiger charge is 2.37. The molecule has 1 aliphatic heterocycles. The van der Waals surface area contributed by atoms with Crippen molar-refractivity contribution in [3.63, 3.8) is 0 Å². The number of esters is 1. The van der Waals surface area contributed by atoms with Gasteiger partial charge < -0.3 is 15.0 Å². The number of fused-ring (bicyclic) bond motifs is 1. The molecule has 3 rings (SSSR count). The van der Waals surface area contributed by atoms with E-state index in [9.17, 15) is 4.79 Å². The summed E-state index contributed by atoms with van der Waals surface area (Å²) in [5.41, 5.74) is 3.20. The van der Waals surface area contributed by atoms with Crippen molar-refractivity contribution in [3.05, 3.63) is 23.8 Å². The molecule has 4 heteroatoms. The second-order valence-corrected chi connectivity index (χ2v) is 6.14. The summed E-state index contributed by atoms with van der Waals surface area (Å²) in [4.78, 5) is 14.0. The number of anilines is 2. The van der Waals surface area contributed by atoms with Gasteiger partial charge in [-0.25, -0.2) is 4.79 Å². The van der Waals surface area contributed by atoms with Crippen LogP contribution in [0.25, 0.3) is 0 Å². The predicted molar refractivity (Wildman–Crippen MR) is 80.4 cm³/mol. The van der Waals surface area contributed by atoms with Crippen LogP contribution < -0.4 is 10.2 Å². The largest absolute Gasteiger partial charge is 0.465 e. The first-order valence-corrected chi connectivity index (χ1v) is 7.31. The molecule has 1 aliphatic carbocycles. The normalized spacial score (nSPS) is 20.2. The monoisotopic (exact) mass is 274 g/mol. The molecule has 0 aromatic heterocycles. The van der Waals surface area contributed by atoms with Crippen molar-refractivity contribution >= 4 is 17.3 Å². The van der Waals surface area contributed by atoms with Crippen LogP contribution in [0.1, 0.15) is 36.0 Å². The summed E-state index contributed by atoms with van der Waals surface area (Å²) in [5.74, 6) is -0.280. The van der Waals surface area contributed by atoms with Crippen molar-refractivity contribution < 1.29 is 9.53 Å². The molecule has 0 amide bonds. The molecular formula is C16H22N2O2. The second kappa shape index (κ2) is 5.00. The third-order valence-corrected chi connectivity index (χ3v) is 4.72. The minimum absolute atomic E-state index is 0.280. The topological polar surface area (TPSA) is 41.6 Å². The van der Waals surface area contributed by atoms with E-state index >= 15 is 0 Å². The third-order valence-electron chi connectivity index (χ3n) is 4.72. The fraction of sp³-hybridized carbons (Fsp3) is 0.562. The lowest BCUT2D eigenvalue weighted by atomic mass is 9.86. The van der Waals surface area contributed by atoms with Gasteiger partial charge >= 0.3 is 5.97 Å². The van der Waals surface area contributed by atoms with Crippen molar-refractivity contribution in [2.45, 2.75) is 25.7 Å². The molecule has 20 heavy (non-hydrogen) atoms. The Labute approximate surface area is 120 Å². The van der Waals surface area contributed by atoms with E-state index in [-0.39, 0.29) is 5.97 Å². The Morgan fingerprint density at radius 1 is 1.35 bits per heavy atom. The summed E-state index contributed by atoms with van der Waals surface area (Å²) in [6.07, 6.45) is 5.25. The van der Waals surface area contributed by atoms with Gasteiger partial charge in [0.15, 0.2) is 0 Å². The zero-order chi connectivity index (χ0) is 14.2. The standard InChI is InChI=1S/C16H22N2O2/c1-18-11-16(7-3-4-8-16)10-17-13-9-12(15(19)20-2)5-6-14(13)18/h5-6,9,17H,3-4,7-8,10-11H2,1-2H3. The fourth-order valence-corrected chi connectivity index (χ4v) is 3.64. The average molecular weight is 274 g/mol. The smallest absolute Gasteiger partial charge is 0.337 e. The minimum Gasteiger partial charge on any atom is -0.465 e. The van der Waals surface area contributed by atoms with E-state index in [1.54, 1.807) is 0 Å². The molecule has 1 fully saturated rings. The molecule has 1 N–H and O–H groups in total. The SMILES string of the molecule is COC(=O)c1ccc2c(c1)NCC1(CCCC1)CN2C. The molecule has 108 valence electrons. The molecule has 1 saturated carbocycles. The maximum atomic E-state index is 11.7. The van der Waals surface area contributed by atoms with Gasteiger partial charge in [0.25, 0.3) is 0 Å². The van der Waals surface area contributed by atoms with E-state index in [2.05, 4.69) is 17.3 Å². The number of nitrogens with zero attached hydrogens (tertiary/aromatic N) is 1. The number of carbonyl (C=O) groups excluding carboxylic acids is 1. The molecule has 0 atom stereocenters. The van der Waals surface area contributed by atoms with E-state index < -0.39 is 0 Å². The molecule has 4 nitrogen and oxygen atoms in total. The summed E-state index contributed by atoms with van der Waals surface area (Å²) >= 11 is 0. The maximum absolute atomic E-state index is 11.7. The Bertz CT molecular complexity index is 521. The first-order valence-electron chi connectivity index (χ1n) is 7.31. The van der Waals surface area contributed by atoms with Crippen LogP contribution in [0, 0.1) is 5.41 Å². The van der Waals surface area contributed by atoms with Gasteiger partial charge in [-0.3, -0.25) is 0 Å². The molecule has 0 radical (unpaired) electrons. The van der Waals surface area contributed by atoms with Crippen LogP contribution in [-0.2, 0) is 4.74 Å². The van der Waals surface area contributed by atoms with Gasteiger partial charge in [0.1, 0.15) is 0 Å². The molecule has 1 spiro atoms. The highest BCUT2D eigenvalue weighted by atomic mass is 16.5. The molecule has 1 aromatic carbocycles. The van der Waals surface area contributed by atoms with Gasteiger partial charge in [0.2, 0.25) is 0 Å². The maximum Gasteiger partial charge on any atom is 0.337 e. The van der Waals surface area contributed by atoms with Gasteiger partial charge in [-0.2, -0.15) is 0 Å². The van der Waals surface area contributed by atoms with Crippen molar-refractivity contribution in [1.82, 2.24) is 0 Å². The number of methoxy groups -OCH3 is 1. The summed E-state index contributed by atoms with van der Waals surface area (Å²) in [5, 5.41) is 3.56. The first kappa shape index (κ1) is 13.3. The highest BCUT2D eigenvalue weighted by Crippen LogP contribution is 2.43.